The Morgan fingerprint density at radius 3 is 2.40 bits per heavy atom. The molecule has 0 saturated heterocycles. The number of fused-ring (bicyclic) bond motifs is 1. The van der Waals surface area contributed by atoms with E-state index in [9.17, 15) is 13.2 Å². The molecule has 0 radical (unpaired) electrons. The average molecular weight is 358 g/mol. The third kappa shape index (κ3) is 3.60. The molecule has 0 bridgehead atoms. The number of benzene rings is 2. The number of hydrogen-bond acceptors (Lipinski definition) is 3. The molecule has 0 saturated carbocycles. The fourth-order valence-electron chi connectivity index (χ4n) is 3.07. The maximum Gasteiger partial charge on any atom is 0.244 e. The van der Waals surface area contributed by atoms with E-state index in [1.807, 2.05) is 31.2 Å². The minimum atomic E-state index is -3.75. The minimum absolute atomic E-state index is 0.206. The third-order valence-electron chi connectivity index (χ3n) is 4.41. The monoisotopic (exact) mass is 358 g/mol. The molecule has 1 N–H and O–H groups in total. The van der Waals surface area contributed by atoms with Crippen molar-refractivity contribution >= 4 is 15.9 Å². The van der Waals surface area contributed by atoms with Crippen molar-refractivity contribution in [1.29, 1.82) is 0 Å². The number of nitrogens with zero attached hydrogens (tertiary/aromatic N) is 1. The van der Waals surface area contributed by atoms with Crippen LogP contribution in [0.5, 0.6) is 0 Å². The highest BCUT2D eigenvalue weighted by molar-refractivity contribution is 7.89. The van der Waals surface area contributed by atoms with Gasteiger partial charge in [0.05, 0.1) is 4.90 Å². The first kappa shape index (κ1) is 17.6. The maximum atomic E-state index is 13.1. The largest absolute Gasteiger partial charge is 0.355 e. The predicted octanol–water partition coefficient (Wildman–Crippen LogP) is 2.33. The Labute approximate surface area is 148 Å². The quantitative estimate of drug-likeness (QED) is 0.892. The second-order valence-corrected chi connectivity index (χ2v) is 8.03. The Balaban J connectivity index is 2.00. The zero-order valence-electron chi connectivity index (χ0n) is 14.2. The van der Waals surface area contributed by atoms with Gasteiger partial charge in [-0.1, -0.05) is 49.4 Å². The summed E-state index contributed by atoms with van der Waals surface area (Å²) in [6.45, 7) is 2.71. The zero-order valence-corrected chi connectivity index (χ0v) is 15.0. The molecule has 1 amide bonds. The van der Waals surface area contributed by atoms with Crippen LogP contribution in [0, 0.1) is 0 Å². The molecular formula is C19H22N2O3S. The van der Waals surface area contributed by atoms with Gasteiger partial charge in [0.2, 0.25) is 15.9 Å². The molecule has 0 spiro atoms. The van der Waals surface area contributed by atoms with Crippen LogP contribution in [-0.4, -0.2) is 31.2 Å². The van der Waals surface area contributed by atoms with Crippen LogP contribution in [0.4, 0.5) is 0 Å². The molecule has 0 fully saturated rings. The molecule has 0 aliphatic carbocycles. The lowest BCUT2D eigenvalue weighted by Gasteiger charge is -2.35. The van der Waals surface area contributed by atoms with Gasteiger partial charge in [-0.3, -0.25) is 4.79 Å². The Morgan fingerprint density at radius 1 is 1.08 bits per heavy atom. The van der Waals surface area contributed by atoms with E-state index < -0.39 is 16.1 Å². The molecule has 1 heterocycles. The normalized spacial score (nSPS) is 17.7. The first-order valence-corrected chi connectivity index (χ1v) is 9.89. The fraction of sp³-hybridized carbons (Fsp3) is 0.316. The average Bonchev–Trinajstić information content (AvgIpc) is 2.65. The molecule has 1 aliphatic rings. The van der Waals surface area contributed by atoms with Gasteiger partial charge in [-0.2, -0.15) is 4.31 Å². The molecule has 25 heavy (non-hydrogen) atoms. The van der Waals surface area contributed by atoms with Crippen LogP contribution < -0.4 is 5.32 Å². The molecule has 1 aliphatic heterocycles. The van der Waals surface area contributed by atoms with Crippen molar-refractivity contribution in [3.05, 3.63) is 65.7 Å². The van der Waals surface area contributed by atoms with Crippen LogP contribution in [0.3, 0.4) is 0 Å². The van der Waals surface area contributed by atoms with Gasteiger partial charge < -0.3 is 5.32 Å². The van der Waals surface area contributed by atoms with Crippen molar-refractivity contribution in [2.24, 2.45) is 0 Å². The minimum Gasteiger partial charge on any atom is -0.355 e. The molecule has 6 heteroatoms. The van der Waals surface area contributed by atoms with E-state index in [0.29, 0.717) is 13.0 Å². The van der Waals surface area contributed by atoms with Crippen molar-refractivity contribution in [2.75, 3.05) is 6.54 Å². The third-order valence-corrected chi connectivity index (χ3v) is 6.28. The summed E-state index contributed by atoms with van der Waals surface area (Å²) in [5.41, 5.74) is 1.97. The zero-order chi connectivity index (χ0) is 17.9. The molecular weight excluding hydrogens is 336 g/mol. The summed E-state index contributed by atoms with van der Waals surface area (Å²) < 4.78 is 27.6. The number of sulfonamides is 1. The standard InChI is InChI=1S/C19H22N2O3S/c1-2-12-20-19(22)18-13-15-8-6-7-9-16(15)14-21(18)25(23,24)17-10-4-3-5-11-17/h3-11,18H,2,12-14H2,1H3,(H,20,22)/t18-/m0/s1. The van der Waals surface area contributed by atoms with E-state index in [-0.39, 0.29) is 17.3 Å². The van der Waals surface area contributed by atoms with E-state index in [4.69, 9.17) is 0 Å². The molecule has 3 rings (SSSR count). The molecule has 5 nitrogen and oxygen atoms in total. The van der Waals surface area contributed by atoms with Crippen molar-refractivity contribution in [3.8, 4) is 0 Å². The molecule has 1 atom stereocenters. The van der Waals surface area contributed by atoms with Gasteiger partial charge in [0.25, 0.3) is 0 Å². The number of amides is 1. The first-order chi connectivity index (χ1) is 12.0. The topological polar surface area (TPSA) is 66.5 Å². The number of carbonyl (C=O) groups is 1. The Morgan fingerprint density at radius 2 is 1.72 bits per heavy atom. The summed E-state index contributed by atoms with van der Waals surface area (Å²) in [4.78, 5) is 12.8. The summed E-state index contributed by atoms with van der Waals surface area (Å²) in [7, 11) is -3.75. The van der Waals surface area contributed by atoms with Gasteiger partial charge >= 0.3 is 0 Å². The second kappa shape index (κ2) is 7.37. The van der Waals surface area contributed by atoms with Gasteiger partial charge in [-0.15, -0.1) is 0 Å². The lowest BCUT2D eigenvalue weighted by molar-refractivity contribution is -0.125. The second-order valence-electron chi connectivity index (χ2n) is 6.14. The lowest BCUT2D eigenvalue weighted by Crippen LogP contribution is -2.52. The van der Waals surface area contributed by atoms with E-state index in [1.54, 1.807) is 30.3 Å². The summed E-state index contributed by atoms with van der Waals surface area (Å²) in [6, 6.07) is 15.2. The number of carbonyl (C=O) groups excluding carboxylic acids is 1. The van der Waals surface area contributed by atoms with Crippen LogP contribution in [0.1, 0.15) is 24.5 Å². The van der Waals surface area contributed by atoms with Crippen LogP contribution >= 0.6 is 0 Å². The smallest absolute Gasteiger partial charge is 0.244 e. The van der Waals surface area contributed by atoms with Crippen LogP contribution in [-0.2, 0) is 27.8 Å². The van der Waals surface area contributed by atoms with Crippen LogP contribution in [0.25, 0.3) is 0 Å². The molecule has 132 valence electrons. The Hall–Kier alpha value is -2.18. The van der Waals surface area contributed by atoms with Gasteiger partial charge in [0, 0.05) is 13.1 Å². The maximum absolute atomic E-state index is 13.1. The Kier molecular flexibility index (Phi) is 5.20. The Bertz CT molecular complexity index is 850. The predicted molar refractivity (Wildman–Crippen MR) is 96.4 cm³/mol. The van der Waals surface area contributed by atoms with Gasteiger partial charge in [0.15, 0.2) is 0 Å². The van der Waals surface area contributed by atoms with E-state index in [1.165, 1.54) is 4.31 Å². The molecule has 0 aromatic heterocycles. The van der Waals surface area contributed by atoms with Crippen molar-refractivity contribution in [2.45, 2.75) is 37.2 Å². The number of nitrogens with one attached hydrogen (secondary N) is 1. The van der Waals surface area contributed by atoms with Gasteiger partial charge in [0.1, 0.15) is 6.04 Å². The van der Waals surface area contributed by atoms with Gasteiger partial charge in [-0.05, 0) is 36.1 Å². The summed E-state index contributed by atoms with van der Waals surface area (Å²) in [6.07, 6.45) is 1.19. The van der Waals surface area contributed by atoms with Crippen LogP contribution in [0.15, 0.2) is 59.5 Å². The molecule has 2 aromatic carbocycles. The van der Waals surface area contributed by atoms with E-state index >= 15 is 0 Å². The van der Waals surface area contributed by atoms with Crippen molar-refractivity contribution in [1.82, 2.24) is 9.62 Å². The summed E-state index contributed by atoms with van der Waals surface area (Å²) >= 11 is 0. The van der Waals surface area contributed by atoms with Gasteiger partial charge in [-0.25, -0.2) is 8.42 Å². The number of rotatable bonds is 5. The highest BCUT2D eigenvalue weighted by Gasteiger charge is 2.39. The highest BCUT2D eigenvalue weighted by atomic mass is 32.2. The number of hydrogen-bond donors (Lipinski definition) is 1. The summed E-state index contributed by atoms with van der Waals surface area (Å²) in [5, 5.41) is 2.84. The summed E-state index contributed by atoms with van der Waals surface area (Å²) in [5.74, 6) is -0.240. The van der Waals surface area contributed by atoms with Crippen molar-refractivity contribution < 1.29 is 13.2 Å². The van der Waals surface area contributed by atoms with E-state index in [2.05, 4.69) is 5.32 Å². The van der Waals surface area contributed by atoms with E-state index in [0.717, 1.165) is 17.5 Å². The first-order valence-electron chi connectivity index (χ1n) is 8.45. The van der Waals surface area contributed by atoms with Crippen LogP contribution in [0.2, 0.25) is 0 Å². The SMILES string of the molecule is CCCNC(=O)[C@@H]1Cc2ccccc2CN1S(=O)(=O)c1ccccc1. The fourth-order valence-corrected chi connectivity index (χ4v) is 4.66. The highest BCUT2D eigenvalue weighted by Crippen LogP contribution is 2.29. The van der Waals surface area contributed by atoms with Crippen molar-refractivity contribution in [3.63, 3.8) is 0 Å². The molecule has 2 aromatic rings. The molecule has 0 unspecified atom stereocenters. The lowest BCUT2D eigenvalue weighted by atomic mass is 9.95.